The van der Waals surface area contributed by atoms with Crippen molar-refractivity contribution < 1.29 is 13.6 Å². The highest BCUT2D eigenvalue weighted by Crippen LogP contribution is 2.30. The van der Waals surface area contributed by atoms with E-state index in [0.717, 1.165) is 36.6 Å². The number of nitrogens with one attached hydrogen (secondary N) is 1. The van der Waals surface area contributed by atoms with Crippen LogP contribution in [0.4, 0.5) is 13.6 Å². The van der Waals surface area contributed by atoms with Gasteiger partial charge in [-0.2, -0.15) is 5.10 Å². The summed E-state index contributed by atoms with van der Waals surface area (Å²) >= 11 is 0. The van der Waals surface area contributed by atoms with Gasteiger partial charge in [0.2, 0.25) is 0 Å². The first-order valence-electron chi connectivity index (χ1n) is 10.1. The number of hydrogen-bond donors (Lipinski definition) is 1. The third-order valence-electron chi connectivity index (χ3n) is 5.50. The molecule has 4 rings (SSSR count). The van der Waals surface area contributed by atoms with Crippen LogP contribution in [-0.4, -0.2) is 27.8 Å². The number of nitrogens with zero attached hydrogens (tertiary/aromatic N) is 3. The topological polar surface area (TPSA) is 50.2 Å². The Bertz CT molecular complexity index is 1030. The average molecular weight is 410 g/mol. The third-order valence-corrected chi connectivity index (χ3v) is 5.50. The molecule has 0 bridgehead atoms. The number of hydrogen-bond acceptors (Lipinski definition) is 2. The van der Waals surface area contributed by atoms with Gasteiger partial charge in [0.1, 0.15) is 11.6 Å². The van der Waals surface area contributed by atoms with E-state index in [1.165, 1.54) is 22.6 Å². The predicted octanol–water partition coefficient (Wildman–Crippen LogP) is 4.43. The number of amides is 2. The molecule has 3 aromatic rings. The molecule has 0 spiro atoms. The van der Waals surface area contributed by atoms with Crippen LogP contribution >= 0.6 is 0 Å². The Hall–Kier alpha value is -3.22. The number of rotatable bonds is 5. The Morgan fingerprint density at radius 1 is 1.23 bits per heavy atom. The zero-order chi connectivity index (χ0) is 21.1. The van der Waals surface area contributed by atoms with Crippen molar-refractivity contribution in [1.29, 1.82) is 0 Å². The zero-order valence-corrected chi connectivity index (χ0v) is 16.8. The second kappa shape index (κ2) is 8.65. The van der Waals surface area contributed by atoms with Gasteiger partial charge in [-0.3, -0.25) is 4.68 Å². The number of urea groups is 1. The Morgan fingerprint density at radius 2 is 2.03 bits per heavy atom. The summed E-state index contributed by atoms with van der Waals surface area (Å²) in [6, 6.07) is 13.1. The summed E-state index contributed by atoms with van der Waals surface area (Å²) in [5.74, 6) is -1.29. The zero-order valence-electron chi connectivity index (χ0n) is 16.8. The van der Waals surface area contributed by atoms with Crippen molar-refractivity contribution in [3.8, 4) is 0 Å². The van der Waals surface area contributed by atoms with Crippen molar-refractivity contribution in [1.82, 2.24) is 20.0 Å². The van der Waals surface area contributed by atoms with E-state index < -0.39 is 11.6 Å². The van der Waals surface area contributed by atoms with E-state index in [0.29, 0.717) is 6.54 Å². The first kappa shape index (κ1) is 20.1. The second-order valence-electron chi connectivity index (χ2n) is 7.68. The third kappa shape index (κ3) is 4.35. The molecule has 0 aliphatic heterocycles. The number of halogens is 2. The first-order valence-corrected chi connectivity index (χ1v) is 10.1. The smallest absolute Gasteiger partial charge is 0.317 e. The molecule has 5 nitrogen and oxygen atoms in total. The lowest BCUT2D eigenvalue weighted by Crippen LogP contribution is -2.40. The van der Waals surface area contributed by atoms with Crippen LogP contribution in [0, 0.1) is 11.6 Å². The molecule has 30 heavy (non-hydrogen) atoms. The van der Waals surface area contributed by atoms with E-state index in [4.69, 9.17) is 0 Å². The highest BCUT2D eigenvalue weighted by molar-refractivity contribution is 5.74. The van der Waals surface area contributed by atoms with Gasteiger partial charge in [0.25, 0.3) is 0 Å². The minimum Gasteiger partial charge on any atom is -0.331 e. The lowest BCUT2D eigenvalue weighted by Gasteiger charge is -2.27. The molecule has 1 aliphatic carbocycles. The second-order valence-corrected chi connectivity index (χ2v) is 7.68. The van der Waals surface area contributed by atoms with Crippen molar-refractivity contribution >= 4 is 6.03 Å². The Kier molecular flexibility index (Phi) is 5.79. The number of aromatic nitrogens is 2. The Labute approximate surface area is 174 Å². The summed E-state index contributed by atoms with van der Waals surface area (Å²) in [5.41, 5.74) is 3.62. The minimum absolute atomic E-state index is 0.0603. The summed E-state index contributed by atoms with van der Waals surface area (Å²) in [4.78, 5) is 14.1. The van der Waals surface area contributed by atoms with Gasteiger partial charge in [0, 0.05) is 36.5 Å². The van der Waals surface area contributed by atoms with Gasteiger partial charge in [0.15, 0.2) is 0 Å². The lowest BCUT2D eigenvalue weighted by molar-refractivity contribution is 0.200. The molecule has 1 aromatic heterocycles. The van der Waals surface area contributed by atoms with Crippen molar-refractivity contribution in [2.75, 3.05) is 7.05 Å². The van der Waals surface area contributed by atoms with Crippen LogP contribution in [0.3, 0.4) is 0 Å². The summed E-state index contributed by atoms with van der Waals surface area (Å²) in [6.45, 7) is 0.755. The fourth-order valence-corrected chi connectivity index (χ4v) is 3.90. The lowest BCUT2D eigenvalue weighted by atomic mass is 9.93. The van der Waals surface area contributed by atoms with Crippen LogP contribution in [0.5, 0.6) is 0 Å². The van der Waals surface area contributed by atoms with Gasteiger partial charge in [-0.1, -0.05) is 36.4 Å². The Balaban J connectivity index is 1.44. The molecule has 0 fully saturated rings. The number of carbonyl (C=O) groups is 1. The molecule has 1 aliphatic rings. The van der Waals surface area contributed by atoms with E-state index in [-0.39, 0.29) is 24.2 Å². The highest BCUT2D eigenvalue weighted by Gasteiger charge is 2.26. The van der Waals surface area contributed by atoms with Gasteiger partial charge in [0.05, 0.1) is 18.8 Å². The number of fused-ring (bicyclic) bond motifs is 1. The van der Waals surface area contributed by atoms with Gasteiger partial charge in [-0.25, -0.2) is 13.6 Å². The molecular weight excluding hydrogens is 386 g/mol. The average Bonchev–Trinajstić information content (AvgIpc) is 3.14. The SMILES string of the molecule is CN(Cc1ccc(F)cc1F)C(=O)NC1CCCc2c1cnn2Cc1ccccc1. The van der Waals surface area contributed by atoms with E-state index >= 15 is 0 Å². The molecule has 0 saturated heterocycles. The molecule has 1 heterocycles. The fourth-order valence-electron chi connectivity index (χ4n) is 3.90. The monoisotopic (exact) mass is 410 g/mol. The minimum atomic E-state index is -0.656. The maximum absolute atomic E-state index is 13.9. The largest absolute Gasteiger partial charge is 0.331 e. The molecule has 0 radical (unpaired) electrons. The van der Waals surface area contributed by atoms with E-state index in [9.17, 15) is 13.6 Å². The van der Waals surface area contributed by atoms with Crippen molar-refractivity contribution in [2.45, 2.75) is 38.4 Å². The van der Waals surface area contributed by atoms with Crippen LogP contribution in [0.1, 0.15) is 41.3 Å². The molecule has 2 amide bonds. The summed E-state index contributed by atoms with van der Waals surface area (Å²) < 4.78 is 29.0. The first-order chi connectivity index (χ1) is 14.5. The van der Waals surface area contributed by atoms with Crippen LogP contribution < -0.4 is 5.32 Å². The van der Waals surface area contributed by atoms with E-state index in [2.05, 4.69) is 22.5 Å². The molecule has 7 heteroatoms. The maximum Gasteiger partial charge on any atom is 0.317 e. The summed E-state index contributed by atoms with van der Waals surface area (Å²) in [7, 11) is 1.60. The van der Waals surface area contributed by atoms with Crippen LogP contribution in [-0.2, 0) is 19.5 Å². The van der Waals surface area contributed by atoms with Crippen molar-refractivity contribution in [2.24, 2.45) is 0 Å². The van der Waals surface area contributed by atoms with Crippen LogP contribution in [0.15, 0.2) is 54.7 Å². The number of benzene rings is 2. The van der Waals surface area contributed by atoms with Crippen LogP contribution in [0.25, 0.3) is 0 Å². The summed E-state index contributed by atoms with van der Waals surface area (Å²) in [6.07, 6.45) is 4.54. The molecule has 2 aromatic carbocycles. The van der Waals surface area contributed by atoms with E-state index in [1.54, 1.807) is 7.05 Å². The quantitative estimate of drug-likeness (QED) is 0.677. The molecule has 1 atom stereocenters. The standard InChI is InChI=1S/C23H24F2N4O/c1-28(15-17-10-11-18(24)12-20(17)25)23(30)27-21-8-5-9-22-19(21)13-26-29(22)14-16-6-3-2-4-7-16/h2-4,6-7,10-13,21H,5,8-9,14-15H2,1H3,(H,27,30). The predicted molar refractivity (Wildman–Crippen MR) is 110 cm³/mol. The Morgan fingerprint density at radius 3 is 2.80 bits per heavy atom. The molecule has 0 saturated carbocycles. The summed E-state index contributed by atoms with van der Waals surface area (Å²) in [5, 5.41) is 7.59. The van der Waals surface area contributed by atoms with Gasteiger partial charge in [-0.05, 0) is 30.9 Å². The molecule has 156 valence electrons. The van der Waals surface area contributed by atoms with Crippen molar-refractivity contribution in [3.05, 3.63) is 88.7 Å². The molecule has 1 unspecified atom stereocenters. The van der Waals surface area contributed by atoms with Crippen molar-refractivity contribution in [3.63, 3.8) is 0 Å². The normalized spacial score (nSPS) is 15.5. The van der Waals surface area contributed by atoms with Crippen LogP contribution in [0.2, 0.25) is 0 Å². The highest BCUT2D eigenvalue weighted by atomic mass is 19.1. The van der Waals surface area contributed by atoms with Gasteiger partial charge < -0.3 is 10.2 Å². The van der Waals surface area contributed by atoms with Gasteiger partial charge >= 0.3 is 6.03 Å². The molecule has 1 N–H and O–H groups in total. The molecular formula is C23H24F2N4O. The number of carbonyl (C=O) groups excluding carboxylic acids is 1. The van der Waals surface area contributed by atoms with E-state index in [1.807, 2.05) is 29.1 Å². The fraction of sp³-hybridized carbons (Fsp3) is 0.304. The maximum atomic E-state index is 13.9. The van der Waals surface area contributed by atoms with Gasteiger partial charge in [-0.15, -0.1) is 0 Å².